The van der Waals surface area contributed by atoms with Gasteiger partial charge in [-0.3, -0.25) is 4.79 Å². The van der Waals surface area contributed by atoms with Crippen LogP contribution in [0.5, 0.6) is 5.88 Å². The number of thiophene rings is 1. The maximum Gasteiger partial charge on any atom is 0.339 e. The highest BCUT2D eigenvalue weighted by Crippen LogP contribution is 2.36. The Labute approximate surface area is 158 Å². The summed E-state index contributed by atoms with van der Waals surface area (Å²) in [5.41, 5.74) is 1.55. The molecule has 2 aromatic heterocycles. The zero-order chi connectivity index (χ0) is 18.7. The van der Waals surface area contributed by atoms with E-state index in [4.69, 9.17) is 16.3 Å². The van der Waals surface area contributed by atoms with Crippen molar-refractivity contribution in [3.05, 3.63) is 64.1 Å². The molecule has 0 aliphatic rings. The van der Waals surface area contributed by atoms with Crippen LogP contribution in [0.15, 0.2) is 48.0 Å². The first-order valence-corrected chi connectivity index (χ1v) is 8.67. The van der Waals surface area contributed by atoms with Crippen molar-refractivity contribution in [2.75, 3.05) is 12.4 Å². The summed E-state index contributed by atoms with van der Waals surface area (Å²) in [6.07, 6.45) is 1.36. The van der Waals surface area contributed by atoms with E-state index in [1.165, 1.54) is 13.3 Å². The molecule has 0 saturated heterocycles. The lowest BCUT2D eigenvalue weighted by molar-refractivity contribution is 0.0699. The van der Waals surface area contributed by atoms with Gasteiger partial charge in [0.1, 0.15) is 10.6 Å². The lowest BCUT2D eigenvalue weighted by Crippen LogP contribution is -2.13. The minimum Gasteiger partial charge on any atom is -0.481 e. The minimum atomic E-state index is -1.13. The number of nitrogens with one attached hydrogen (secondary N) is 1. The van der Waals surface area contributed by atoms with E-state index in [2.05, 4.69) is 10.3 Å². The van der Waals surface area contributed by atoms with Crippen LogP contribution in [0.4, 0.5) is 5.00 Å². The van der Waals surface area contributed by atoms with E-state index in [0.717, 1.165) is 11.3 Å². The summed E-state index contributed by atoms with van der Waals surface area (Å²) in [5, 5.41) is 14.7. The summed E-state index contributed by atoms with van der Waals surface area (Å²) < 4.78 is 4.95. The number of aromatic carboxylic acids is 1. The Hall–Kier alpha value is -2.90. The molecule has 26 heavy (non-hydrogen) atoms. The predicted molar refractivity (Wildman–Crippen MR) is 100 cm³/mol. The highest BCUT2D eigenvalue weighted by molar-refractivity contribution is 7.15. The van der Waals surface area contributed by atoms with Crippen LogP contribution in [-0.4, -0.2) is 29.1 Å². The molecule has 1 aromatic carbocycles. The number of benzene rings is 1. The molecule has 0 spiro atoms. The summed E-state index contributed by atoms with van der Waals surface area (Å²) in [5.74, 6) is -1.19. The fraction of sp³-hybridized carbons (Fsp3) is 0.0556. The van der Waals surface area contributed by atoms with Crippen molar-refractivity contribution in [2.45, 2.75) is 0 Å². The molecule has 0 bridgehead atoms. The van der Waals surface area contributed by atoms with Gasteiger partial charge in [0.15, 0.2) is 0 Å². The van der Waals surface area contributed by atoms with E-state index in [0.29, 0.717) is 27.6 Å². The highest BCUT2D eigenvalue weighted by Gasteiger charge is 2.21. The maximum absolute atomic E-state index is 12.4. The van der Waals surface area contributed by atoms with Crippen LogP contribution in [-0.2, 0) is 0 Å². The number of carboxylic acids is 1. The summed E-state index contributed by atoms with van der Waals surface area (Å²) in [6, 6.07) is 9.93. The van der Waals surface area contributed by atoms with E-state index < -0.39 is 11.9 Å². The Morgan fingerprint density at radius 1 is 1.19 bits per heavy atom. The summed E-state index contributed by atoms with van der Waals surface area (Å²) >= 11 is 7.02. The number of rotatable bonds is 5. The zero-order valence-corrected chi connectivity index (χ0v) is 15.1. The molecule has 0 aliphatic heterocycles. The molecule has 0 atom stereocenters. The van der Waals surface area contributed by atoms with Crippen molar-refractivity contribution in [2.24, 2.45) is 0 Å². The van der Waals surface area contributed by atoms with Gasteiger partial charge in [-0.15, -0.1) is 11.3 Å². The third-order valence-corrected chi connectivity index (χ3v) is 4.74. The lowest BCUT2D eigenvalue weighted by Gasteiger charge is -2.06. The van der Waals surface area contributed by atoms with Gasteiger partial charge in [0.05, 0.1) is 12.7 Å². The molecular formula is C18H13ClN2O4S. The number of amides is 1. The van der Waals surface area contributed by atoms with Crippen molar-refractivity contribution in [1.82, 2.24) is 4.98 Å². The molecule has 3 rings (SSSR count). The van der Waals surface area contributed by atoms with Gasteiger partial charge in [0.25, 0.3) is 5.91 Å². The Morgan fingerprint density at radius 3 is 2.50 bits per heavy atom. The fourth-order valence-electron chi connectivity index (χ4n) is 2.31. The third-order valence-electron chi connectivity index (χ3n) is 3.59. The standard InChI is InChI=1S/C18H13ClN2O4S/c1-25-14-7-4-11(8-20-14)16(22)21-17-15(18(23)24)13(9-26-17)10-2-5-12(19)6-3-10/h2-9H,1H3,(H,21,22)(H,23,24). The van der Waals surface area contributed by atoms with Crippen LogP contribution in [0.2, 0.25) is 5.02 Å². The normalized spacial score (nSPS) is 10.4. The Morgan fingerprint density at radius 2 is 1.92 bits per heavy atom. The number of carbonyl (C=O) groups is 2. The molecule has 2 heterocycles. The van der Waals surface area contributed by atoms with Gasteiger partial charge in [-0.1, -0.05) is 23.7 Å². The van der Waals surface area contributed by atoms with Gasteiger partial charge in [-0.2, -0.15) is 0 Å². The molecule has 2 N–H and O–H groups in total. The number of carbonyl (C=O) groups excluding carboxylic acids is 1. The number of anilines is 1. The van der Waals surface area contributed by atoms with Crippen molar-refractivity contribution in [3.63, 3.8) is 0 Å². The average Bonchev–Trinajstić information content (AvgIpc) is 3.06. The summed E-state index contributed by atoms with van der Waals surface area (Å²) in [4.78, 5) is 28.1. The Bertz CT molecular complexity index is 952. The molecule has 132 valence electrons. The lowest BCUT2D eigenvalue weighted by atomic mass is 10.0. The molecule has 8 heteroatoms. The number of halogens is 1. The molecule has 0 radical (unpaired) electrons. The van der Waals surface area contributed by atoms with E-state index in [1.807, 2.05) is 0 Å². The maximum atomic E-state index is 12.4. The van der Waals surface area contributed by atoms with Crippen LogP contribution in [0, 0.1) is 0 Å². The summed E-state index contributed by atoms with van der Waals surface area (Å²) in [7, 11) is 1.48. The van der Waals surface area contributed by atoms with Gasteiger partial charge < -0.3 is 15.2 Å². The molecule has 6 nitrogen and oxygen atoms in total. The number of pyridine rings is 1. The topological polar surface area (TPSA) is 88.5 Å². The number of aromatic nitrogens is 1. The van der Waals surface area contributed by atoms with Crippen molar-refractivity contribution in [1.29, 1.82) is 0 Å². The number of ether oxygens (including phenoxy) is 1. The first-order chi connectivity index (χ1) is 12.5. The van der Waals surface area contributed by atoms with Crippen molar-refractivity contribution < 1.29 is 19.4 Å². The second-order valence-electron chi connectivity index (χ2n) is 5.21. The number of methoxy groups -OCH3 is 1. The van der Waals surface area contributed by atoms with Gasteiger partial charge in [-0.25, -0.2) is 9.78 Å². The highest BCUT2D eigenvalue weighted by atomic mass is 35.5. The Kier molecular flexibility index (Phi) is 5.20. The number of carboxylic acid groups (broad SMARTS) is 1. The van der Waals surface area contributed by atoms with Crippen LogP contribution in [0.3, 0.4) is 0 Å². The zero-order valence-electron chi connectivity index (χ0n) is 13.5. The summed E-state index contributed by atoms with van der Waals surface area (Å²) in [6.45, 7) is 0. The van der Waals surface area contributed by atoms with Gasteiger partial charge in [-0.05, 0) is 23.8 Å². The van der Waals surface area contributed by atoms with Gasteiger partial charge >= 0.3 is 5.97 Å². The van der Waals surface area contributed by atoms with Crippen LogP contribution in [0.1, 0.15) is 20.7 Å². The first kappa shape index (κ1) is 17.9. The van der Waals surface area contributed by atoms with Crippen molar-refractivity contribution in [3.8, 4) is 17.0 Å². The molecule has 0 fully saturated rings. The first-order valence-electron chi connectivity index (χ1n) is 7.41. The quantitative estimate of drug-likeness (QED) is 0.675. The van der Waals surface area contributed by atoms with E-state index in [9.17, 15) is 14.7 Å². The van der Waals surface area contributed by atoms with Gasteiger partial charge in [0.2, 0.25) is 5.88 Å². The second kappa shape index (κ2) is 7.55. The Balaban J connectivity index is 1.91. The molecule has 1 amide bonds. The van der Waals surface area contributed by atoms with Crippen LogP contribution < -0.4 is 10.1 Å². The second-order valence-corrected chi connectivity index (χ2v) is 6.52. The van der Waals surface area contributed by atoms with E-state index in [-0.39, 0.29) is 10.6 Å². The number of hydrogen-bond acceptors (Lipinski definition) is 5. The number of nitrogens with zero attached hydrogens (tertiary/aromatic N) is 1. The van der Waals surface area contributed by atoms with E-state index in [1.54, 1.807) is 41.8 Å². The largest absolute Gasteiger partial charge is 0.481 e. The van der Waals surface area contributed by atoms with E-state index >= 15 is 0 Å². The van der Waals surface area contributed by atoms with Crippen LogP contribution >= 0.6 is 22.9 Å². The average molecular weight is 389 g/mol. The third kappa shape index (κ3) is 3.68. The fourth-order valence-corrected chi connectivity index (χ4v) is 3.40. The monoisotopic (exact) mass is 388 g/mol. The number of hydrogen-bond donors (Lipinski definition) is 2. The SMILES string of the molecule is COc1ccc(C(=O)Nc2scc(-c3ccc(Cl)cc3)c2C(=O)O)cn1. The smallest absolute Gasteiger partial charge is 0.339 e. The van der Waals surface area contributed by atoms with Crippen LogP contribution in [0.25, 0.3) is 11.1 Å². The minimum absolute atomic E-state index is 0.0344. The molecule has 0 aliphatic carbocycles. The molecule has 0 unspecified atom stereocenters. The molecule has 0 saturated carbocycles. The van der Waals surface area contributed by atoms with Crippen molar-refractivity contribution >= 4 is 39.8 Å². The molecule has 3 aromatic rings. The molecular weight excluding hydrogens is 376 g/mol. The van der Waals surface area contributed by atoms with Gasteiger partial charge in [0, 0.05) is 28.2 Å². The predicted octanol–water partition coefficient (Wildman–Crippen LogP) is 4.42.